The molecule has 0 saturated heterocycles. The van der Waals surface area contributed by atoms with Gasteiger partial charge in [-0.2, -0.15) is 0 Å². The van der Waals surface area contributed by atoms with Gasteiger partial charge in [-0.05, 0) is 53.5 Å². The zero-order valence-electron chi connectivity index (χ0n) is 18.0. The van der Waals surface area contributed by atoms with Crippen LogP contribution in [0.4, 0.5) is 4.79 Å². The highest BCUT2D eigenvalue weighted by molar-refractivity contribution is 8.15. The molecule has 0 N–H and O–H groups in total. The van der Waals surface area contributed by atoms with Gasteiger partial charge in [0, 0.05) is 17.5 Å². The predicted molar refractivity (Wildman–Crippen MR) is 113 cm³/mol. The lowest BCUT2D eigenvalue weighted by Crippen LogP contribution is -2.49. The van der Waals surface area contributed by atoms with Gasteiger partial charge in [-0.25, -0.2) is 0 Å². The van der Waals surface area contributed by atoms with Gasteiger partial charge in [0.05, 0.1) is 12.9 Å². The fourth-order valence-electron chi connectivity index (χ4n) is 2.21. The van der Waals surface area contributed by atoms with Gasteiger partial charge in [-0.3, -0.25) is 4.79 Å². The Labute approximate surface area is 156 Å². The van der Waals surface area contributed by atoms with E-state index in [1.807, 2.05) is 4.90 Å². The Kier molecular flexibility index (Phi) is 8.18. The van der Waals surface area contributed by atoms with Crippen molar-refractivity contribution in [2.75, 3.05) is 0 Å². The standard InChI is InChI=1S/C20H39NOSSi/c1-15(2)21(16(3)4)18(22)23-17(13-14-19(5,6)7)24(11,12)20(8,9)10/h15-17H,1-12H3. The summed E-state index contributed by atoms with van der Waals surface area (Å²) in [6.07, 6.45) is 0. The minimum atomic E-state index is -1.77. The van der Waals surface area contributed by atoms with Gasteiger partial charge in [-0.1, -0.05) is 57.5 Å². The largest absolute Gasteiger partial charge is 0.329 e. The molecule has 0 radical (unpaired) electrons. The normalized spacial score (nSPS) is 14.4. The van der Waals surface area contributed by atoms with E-state index in [0.29, 0.717) is 0 Å². The monoisotopic (exact) mass is 369 g/mol. The van der Waals surface area contributed by atoms with E-state index in [4.69, 9.17) is 0 Å². The zero-order valence-corrected chi connectivity index (χ0v) is 19.8. The van der Waals surface area contributed by atoms with Gasteiger partial charge >= 0.3 is 0 Å². The maximum absolute atomic E-state index is 13.0. The van der Waals surface area contributed by atoms with E-state index in [-0.39, 0.29) is 32.6 Å². The molecular formula is C20H39NOSSi. The van der Waals surface area contributed by atoms with Crippen LogP contribution in [-0.4, -0.2) is 35.2 Å². The van der Waals surface area contributed by atoms with E-state index in [1.54, 1.807) is 0 Å². The van der Waals surface area contributed by atoms with E-state index >= 15 is 0 Å². The van der Waals surface area contributed by atoms with Crippen molar-refractivity contribution in [2.45, 2.75) is 104 Å². The molecule has 2 nitrogen and oxygen atoms in total. The van der Waals surface area contributed by atoms with Crippen LogP contribution in [0.3, 0.4) is 0 Å². The van der Waals surface area contributed by atoms with Crippen molar-refractivity contribution < 1.29 is 4.79 Å². The molecule has 0 aromatic rings. The third-order valence-corrected chi connectivity index (χ3v) is 12.9. The average Bonchev–Trinajstić information content (AvgIpc) is 2.30. The minimum Gasteiger partial charge on any atom is -0.329 e. The Morgan fingerprint density at radius 3 is 1.67 bits per heavy atom. The maximum atomic E-state index is 13.0. The Bertz CT molecular complexity index is 478. The first-order valence-electron chi connectivity index (χ1n) is 9.02. The van der Waals surface area contributed by atoms with Crippen LogP contribution in [-0.2, 0) is 0 Å². The number of amides is 1. The molecule has 140 valence electrons. The summed E-state index contributed by atoms with van der Waals surface area (Å²) in [7, 11) is -1.77. The average molecular weight is 370 g/mol. The Hall–Kier alpha value is -0.403. The molecule has 0 aromatic carbocycles. The van der Waals surface area contributed by atoms with Crippen molar-refractivity contribution in [3.8, 4) is 11.8 Å². The second-order valence-corrected chi connectivity index (χ2v) is 16.8. The second kappa shape index (κ2) is 8.32. The van der Waals surface area contributed by atoms with Crippen LogP contribution >= 0.6 is 11.8 Å². The lowest BCUT2D eigenvalue weighted by molar-refractivity contribution is 0.190. The van der Waals surface area contributed by atoms with Gasteiger partial charge in [0.15, 0.2) is 0 Å². The first-order valence-corrected chi connectivity index (χ1v) is 13.0. The number of rotatable bonds is 4. The molecule has 0 aliphatic rings. The highest BCUT2D eigenvalue weighted by Gasteiger charge is 2.44. The summed E-state index contributed by atoms with van der Waals surface area (Å²) in [6.45, 7) is 26.3. The van der Waals surface area contributed by atoms with Crippen LogP contribution < -0.4 is 0 Å². The van der Waals surface area contributed by atoms with E-state index < -0.39 is 8.07 Å². The van der Waals surface area contributed by atoms with Gasteiger partial charge in [0.1, 0.15) is 0 Å². The summed E-state index contributed by atoms with van der Waals surface area (Å²) in [5.74, 6) is 6.89. The molecule has 1 unspecified atom stereocenters. The lowest BCUT2D eigenvalue weighted by atomic mass is 9.98. The Morgan fingerprint density at radius 1 is 0.958 bits per heavy atom. The molecular weight excluding hydrogens is 330 g/mol. The van der Waals surface area contributed by atoms with Gasteiger partial charge < -0.3 is 4.90 Å². The summed E-state index contributed by atoms with van der Waals surface area (Å²) in [4.78, 5) is 15.1. The van der Waals surface area contributed by atoms with Crippen molar-refractivity contribution in [3.05, 3.63) is 0 Å². The van der Waals surface area contributed by atoms with Crippen molar-refractivity contribution >= 4 is 25.1 Å². The SMILES string of the molecule is CC(C)N(C(=O)SC(C#CC(C)(C)C)[Si](C)(C)C(C)(C)C)C(C)C. The Balaban J connectivity index is 5.74. The molecule has 0 rings (SSSR count). The third-order valence-electron chi connectivity index (χ3n) is 4.71. The van der Waals surface area contributed by atoms with Crippen LogP contribution in [0.2, 0.25) is 18.1 Å². The molecule has 0 heterocycles. The molecule has 0 fully saturated rings. The summed E-state index contributed by atoms with van der Waals surface area (Å²) in [5, 5.41) is 0.357. The van der Waals surface area contributed by atoms with E-state index in [1.165, 1.54) is 11.8 Å². The fraction of sp³-hybridized carbons (Fsp3) is 0.850. The lowest BCUT2D eigenvalue weighted by Gasteiger charge is -2.41. The van der Waals surface area contributed by atoms with Crippen molar-refractivity contribution in [3.63, 3.8) is 0 Å². The Morgan fingerprint density at radius 2 is 1.38 bits per heavy atom. The summed E-state index contributed by atoms with van der Waals surface area (Å²) in [5.41, 5.74) is -0.0417. The highest BCUT2D eigenvalue weighted by Crippen LogP contribution is 2.42. The molecule has 0 bridgehead atoms. The first kappa shape index (κ1) is 23.6. The maximum Gasteiger partial charge on any atom is 0.283 e. The molecule has 0 aliphatic heterocycles. The highest BCUT2D eigenvalue weighted by atomic mass is 32.2. The van der Waals surface area contributed by atoms with E-state index in [2.05, 4.69) is 94.2 Å². The molecule has 1 amide bonds. The van der Waals surface area contributed by atoms with E-state index in [0.717, 1.165) is 0 Å². The fourth-order valence-corrected chi connectivity index (χ4v) is 6.84. The molecule has 1 atom stereocenters. The van der Waals surface area contributed by atoms with Gasteiger partial charge in [0.2, 0.25) is 0 Å². The number of carbonyl (C=O) groups is 1. The van der Waals surface area contributed by atoms with Crippen molar-refractivity contribution in [2.24, 2.45) is 5.41 Å². The number of hydrogen-bond donors (Lipinski definition) is 0. The second-order valence-electron chi connectivity index (χ2n) is 9.85. The van der Waals surface area contributed by atoms with E-state index in [9.17, 15) is 4.79 Å². The predicted octanol–water partition coefficient (Wildman–Crippen LogP) is 6.42. The zero-order chi connectivity index (χ0) is 19.5. The number of carbonyl (C=O) groups excluding carboxylic acids is 1. The molecule has 0 aromatic heterocycles. The smallest absolute Gasteiger partial charge is 0.283 e. The summed E-state index contributed by atoms with van der Waals surface area (Å²) >= 11 is 1.46. The molecule has 24 heavy (non-hydrogen) atoms. The first-order chi connectivity index (χ1) is 10.5. The molecule has 0 saturated carbocycles. The summed E-state index contributed by atoms with van der Waals surface area (Å²) in [6, 6.07) is 0.418. The quantitative estimate of drug-likeness (QED) is 0.420. The van der Waals surface area contributed by atoms with Crippen molar-refractivity contribution in [1.29, 1.82) is 0 Å². The molecule has 0 spiro atoms. The van der Waals surface area contributed by atoms with Gasteiger partial charge in [-0.15, -0.1) is 0 Å². The van der Waals surface area contributed by atoms with Crippen LogP contribution in [0.5, 0.6) is 0 Å². The number of thioether (sulfide) groups is 1. The third kappa shape index (κ3) is 6.84. The van der Waals surface area contributed by atoms with Crippen LogP contribution in [0.25, 0.3) is 0 Å². The van der Waals surface area contributed by atoms with Crippen LogP contribution in [0.1, 0.15) is 69.2 Å². The molecule has 4 heteroatoms. The summed E-state index contributed by atoms with van der Waals surface area (Å²) < 4.78 is 0. The molecule has 0 aliphatic carbocycles. The number of hydrogen-bond acceptors (Lipinski definition) is 2. The minimum absolute atomic E-state index is 0.0417. The van der Waals surface area contributed by atoms with Gasteiger partial charge in [0.25, 0.3) is 5.24 Å². The van der Waals surface area contributed by atoms with Crippen LogP contribution in [0, 0.1) is 17.3 Å². The topological polar surface area (TPSA) is 20.3 Å². The van der Waals surface area contributed by atoms with Crippen molar-refractivity contribution in [1.82, 2.24) is 4.90 Å². The number of nitrogens with zero attached hydrogens (tertiary/aromatic N) is 1. The van der Waals surface area contributed by atoms with Crippen LogP contribution in [0.15, 0.2) is 0 Å².